The standard InChI is InChI=1S/C14H18ClN3/c1-2-16-8-7-14-17-12-6-3-10(15)9-13(12)18(14)11-4-5-11/h3,6,9,11,16H,2,4-5,7-8H2,1H3. The van der Waals surface area contributed by atoms with Crippen molar-refractivity contribution in [2.45, 2.75) is 32.2 Å². The Hall–Kier alpha value is -1.06. The number of benzene rings is 1. The van der Waals surface area contributed by atoms with Crippen molar-refractivity contribution in [3.05, 3.63) is 29.0 Å². The summed E-state index contributed by atoms with van der Waals surface area (Å²) in [6.45, 7) is 4.12. The minimum Gasteiger partial charge on any atom is -0.325 e. The Morgan fingerprint density at radius 3 is 3.00 bits per heavy atom. The topological polar surface area (TPSA) is 29.9 Å². The third-order valence-electron chi connectivity index (χ3n) is 3.41. The van der Waals surface area contributed by atoms with Crippen LogP contribution < -0.4 is 5.32 Å². The van der Waals surface area contributed by atoms with E-state index in [9.17, 15) is 0 Å². The Morgan fingerprint density at radius 2 is 2.28 bits per heavy atom. The number of nitrogens with zero attached hydrogens (tertiary/aromatic N) is 2. The van der Waals surface area contributed by atoms with Gasteiger partial charge in [-0.05, 0) is 37.6 Å². The van der Waals surface area contributed by atoms with Crippen molar-refractivity contribution in [2.75, 3.05) is 13.1 Å². The Labute approximate surface area is 112 Å². The van der Waals surface area contributed by atoms with Crippen molar-refractivity contribution < 1.29 is 0 Å². The predicted molar refractivity (Wildman–Crippen MR) is 75.3 cm³/mol. The summed E-state index contributed by atoms with van der Waals surface area (Å²) in [7, 11) is 0. The molecule has 1 heterocycles. The summed E-state index contributed by atoms with van der Waals surface area (Å²) < 4.78 is 2.39. The second kappa shape index (κ2) is 4.90. The zero-order chi connectivity index (χ0) is 12.5. The maximum absolute atomic E-state index is 6.10. The number of halogens is 1. The largest absolute Gasteiger partial charge is 0.325 e. The monoisotopic (exact) mass is 263 g/mol. The fraction of sp³-hybridized carbons (Fsp3) is 0.500. The van der Waals surface area contributed by atoms with Gasteiger partial charge in [-0.15, -0.1) is 0 Å². The lowest BCUT2D eigenvalue weighted by Crippen LogP contribution is -2.18. The molecule has 1 aliphatic rings. The van der Waals surface area contributed by atoms with Gasteiger partial charge in [-0.3, -0.25) is 0 Å². The van der Waals surface area contributed by atoms with E-state index >= 15 is 0 Å². The lowest BCUT2D eigenvalue weighted by Gasteiger charge is -2.07. The number of nitrogens with one attached hydrogen (secondary N) is 1. The summed E-state index contributed by atoms with van der Waals surface area (Å²) in [6, 6.07) is 6.62. The van der Waals surface area contributed by atoms with E-state index in [0.717, 1.165) is 30.0 Å². The van der Waals surface area contributed by atoms with E-state index < -0.39 is 0 Å². The van der Waals surface area contributed by atoms with Gasteiger partial charge in [0, 0.05) is 24.0 Å². The van der Waals surface area contributed by atoms with E-state index in [0.29, 0.717) is 6.04 Å². The summed E-state index contributed by atoms with van der Waals surface area (Å²) in [5, 5.41) is 4.15. The highest BCUT2D eigenvalue weighted by Crippen LogP contribution is 2.39. The highest BCUT2D eigenvalue weighted by Gasteiger charge is 2.27. The minimum absolute atomic E-state index is 0.644. The van der Waals surface area contributed by atoms with Gasteiger partial charge in [0.25, 0.3) is 0 Å². The number of imidazole rings is 1. The Bertz CT molecular complexity index is 557. The maximum atomic E-state index is 6.10. The van der Waals surface area contributed by atoms with E-state index in [1.165, 1.54) is 24.2 Å². The first-order valence-corrected chi connectivity index (χ1v) is 7.04. The lowest BCUT2D eigenvalue weighted by molar-refractivity contribution is 0.648. The van der Waals surface area contributed by atoms with Crippen LogP contribution in [-0.2, 0) is 6.42 Å². The molecule has 0 bridgehead atoms. The third kappa shape index (κ3) is 2.25. The van der Waals surface area contributed by atoms with E-state index in [4.69, 9.17) is 16.6 Å². The van der Waals surface area contributed by atoms with Crippen LogP contribution in [0.15, 0.2) is 18.2 Å². The first kappa shape index (κ1) is 12.0. The van der Waals surface area contributed by atoms with Crippen LogP contribution in [-0.4, -0.2) is 22.6 Å². The fourth-order valence-corrected chi connectivity index (χ4v) is 2.58. The summed E-state index contributed by atoms with van der Waals surface area (Å²) in [5.41, 5.74) is 2.26. The molecular formula is C14H18ClN3. The van der Waals surface area contributed by atoms with Gasteiger partial charge in [0.2, 0.25) is 0 Å². The van der Waals surface area contributed by atoms with Crippen molar-refractivity contribution in [3.8, 4) is 0 Å². The molecule has 0 saturated heterocycles. The van der Waals surface area contributed by atoms with Crippen molar-refractivity contribution in [1.29, 1.82) is 0 Å². The summed E-state index contributed by atoms with van der Waals surface area (Å²) in [6.07, 6.45) is 3.52. The van der Waals surface area contributed by atoms with Gasteiger partial charge in [-0.2, -0.15) is 0 Å². The van der Waals surface area contributed by atoms with Crippen LogP contribution >= 0.6 is 11.6 Å². The first-order chi connectivity index (χ1) is 8.79. The first-order valence-electron chi connectivity index (χ1n) is 6.66. The molecule has 3 rings (SSSR count). The van der Waals surface area contributed by atoms with Crippen LogP contribution in [0.3, 0.4) is 0 Å². The van der Waals surface area contributed by atoms with Gasteiger partial charge in [0.05, 0.1) is 11.0 Å². The van der Waals surface area contributed by atoms with E-state index in [-0.39, 0.29) is 0 Å². The smallest absolute Gasteiger partial charge is 0.111 e. The van der Waals surface area contributed by atoms with Gasteiger partial charge in [0.1, 0.15) is 5.82 Å². The lowest BCUT2D eigenvalue weighted by atomic mass is 10.3. The molecular weight excluding hydrogens is 246 g/mol. The number of likely N-dealkylation sites (N-methyl/N-ethyl adjacent to an activating group) is 1. The molecule has 0 radical (unpaired) electrons. The molecule has 0 aliphatic heterocycles. The van der Waals surface area contributed by atoms with Gasteiger partial charge < -0.3 is 9.88 Å². The number of rotatable bonds is 5. The summed E-state index contributed by atoms with van der Waals surface area (Å²) >= 11 is 6.10. The quantitative estimate of drug-likeness (QED) is 0.840. The van der Waals surface area contributed by atoms with Crippen LogP contribution in [0, 0.1) is 0 Å². The van der Waals surface area contributed by atoms with Gasteiger partial charge >= 0.3 is 0 Å². The van der Waals surface area contributed by atoms with Crippen LogP contribution in [0.4, 0.5) is 0 Å². The second-order valence-electron chi connectivity index (χ2n) is 4.87. The molecule has 4 heteroatoms. The van der Waals surface area contributed by atoms with Crippen molar-refractivity contribution in [2.24, 2.45) is 0 Å². The molecule has 18 heavy (non-hydrogen) atoms. The molecule has 1 N–H and O–H groups in total. The van der Waals surface area contributed by atoms with E-state index in [2.05, 4.69) is 16.8 Å². The Morgan fingerprint density at radius 1 is 1.44 bits per heavy atom. The molecule has 0 spiro atoms. The average molecular weight is 264 g/mol. The van der Waals surface area contributed by atoms with Crippen LogP contribution in [0.2, 0.25) is 5.02 Å². The van der Waals surface area contributed by atoms with Crippen molar-refractivity contribution in [3.63, 3.8) is 0 Å². The Kier molecular flexibility index (Phi) is 3.27. The third-order valence-corrected chi connectivity index (χ3v) is 3.65. The SMILES string of the molecule is CCNCCc1nc2ccc(Cl)cc2n1C1CC1. The highest BCUT2D eigenvalue weighted by atomic mass is 35.5. The predicted octanol–water partition coefficient (Wildman–Crippen LogP) is 3.18. The maximum Gasteiger partial charge on any atom is 0.111 e. The van der Waals surface area contributed by atoms with Gasteiger partial charge in [0.15, 0.2) is 0 Å². The van der Waals surface area contributed by atoms with E-state index in [1.807, 2.05) is 18.2 Å². The molecule has 3 nitrogen and oxygen atoms in total. The molecule has 2 aromatic rings. The average Bonchev–Trinajstić information content (AvgIpc) is 3.12. The Balaban J connectivity index is 1.98. The molecule has 1 aliphatic carbocycles. The van der Waals surface area contributed by atoms with Gasteiger partial charge in [-0.1, -0.05) is 18.5 Å². The molecule has 1 aromatic carbocycles. The highest BCUT2D eigenvalue weighted by molar-refractivity contribution is 6.31. The molecule has 0 amide bonds. The number of aromatic nitrogens is 2. The number of fused-ring (bicyclic) bond motifs is 1. The molecule has 96 valence electrons. The van der Waals surface area contributed by atoms with Gasteiger partial charge in [-0.25, -0.2) is 4.98 Å². The molecule has 0 atom stereocenters. The fourth-order valence-electron chi connectivity index (χ4n) is 2.41. The van der Waals surface area contributed by atoms with Crippen LogP contribution in [0.5, 0.6) is 0 Å². The van der Waals surface area contributed by atoms with Crippen LogP contribution in [0.1, 0.15) is 31.6 Å². The van der Waals surface area contributed by atoms with Crippen molar-refractivity contribution >= 4 is 22.6 Å². The second-order valence-corrected chi connectivity index (χ2v) is 5.30. The molecule has 1 fully saturated rings. The molecule has 1 aromatic heterocycles. The normalized spacial score (nSPS) is 15.4. The van der Waals surface area contributed by atoms with Crippen molar-refractivity contribution in [1.82, 2.24) is 14.9 Å². The zero-order valence-electron chi connectivity index (χ0n) is 10.6. The summed E-state index contributed by atoms with van der Waals surface area (Å²) in [5.74, 6) is 1.19. The van der Waals surface area contributed by atoms with E-state index in [1.54, 1.807) is 0 Å². The number of hydrogen-bond donors (Lipinski definition) is 1. The minimum atomic E-state index is 0.644. The summed E-state index contributed by atoms with van der Waals surface area (Å²) in [4.78, 5) is 4.75. The van der Waals surface area contributed by atoms with Crippen LogP contribution in [0.25, 0.3) is 11.0 Å². The molecule has 0 unspecified atom stereocenters. The zero-order valence-corrected chi connectivity index (χ0v) is 11.4. The number of hydrogen-bond acceptors (Lipinski definition) is 2. The molecule has 1 saturated carbocycles.